The normalized spacial score (nSPS) is 23.9. The average molecular weight is 199 g/mol. The Kier molecular flexibility index (Phi) is 1.73. The highest BCUT2D eigenvalue weighted by atomic mass is 16.7. The van der Waals surface area contributed by atoms with Crippen LogP contribution in [0.2, 0.25) is 0 Å². The molecule has 0 aromatic heterocycles. The largest absolute Gasteiger partial charge is 0.507 e. The van der Waals surface area contributed by atoms with Crippen LogP contribution in [0.1, 0.15) is 25.7 Å². The molecular formula is C8H9NO5. The van der Waals surface area contributed by atoms with Crippen molar-refractivity contribution in [1.82, 2.24) is 4.90 Å². The van der Waals surface area contributed by atoms with Crippen molar-refractivity contribution in [1.29, 1.82) is 0 Å². The molecule has 0 bridgehead atoms. The molecule has 2 amide bonds. The fourth-order valence-electron chi connectivity index (χ4n) is 1.67. The van der Waals surface area contributed by atoms with Gasteiger partial charge < -0.3 is 9.84 Å². The number of imide groups is 1. The highest BCUT2D eigenvalue weighted by Crippen LogP contribution is 2.45. The maximum absolute atomic E-state index is 11.3. The molecule has 1 heterocycles. The molecule has 76 valence electrons. The highest BCUT2D eigenvalue weighted by Gasteiger charge is 2.58. The van der Waals surface area contributed by atoms with E-state index in [0.717, 1.165) is 4.90 Å². The molecule has 0 aromatic carbocycles. The molecule has 0 aromatic rings. The van der Waals surface area contributed by atoms with Crippen LogP contribution in [0, 0.1) is 0 Å². The van der Waals surface area contributed by atoms with Crippen LogP contribution in [-0.4, -0.2) is 33.7 Å². The maximum Gasteiger partial charge on any atom is 0.507 e. The molecule has 6 nitrogen and oxygen atoms in total. The fourth-order valence-corrected chi connectivity index (χ4v) is 1.67. The van der Waals surface area contributed by atoms with Crippen LogP contribution in [0.15, 0.2) is 0 Å². The third-order valence-corrected chi connectivity index (χ3v) is 2.41. The van der Waals surface area contributed by atoms with E-state index in [4.69, 9.17) is 5.11 Å². The lowest BCUT2D eigenvalue weighted by Crippen LogP contribution is -2.44. The van der Waals surface area contributed by atoms with Gasteiger partial charge in [0.2, 0.25) is 11.8 Å². The topological polar surface area (TPSA) is 83.9 Å². The van der Waals surface area contributed by atoms with Crippen LogP contribution in [0.5, 0.6) is 0 Å². The summed E-state index contributed by atoms with van der Waals surface area (Å²) < 4.78 is 4.57. The van der Waals surface area contributed by atoms with E-state index < -0.39 is 11.9 Å². The van der Waals surface area contributed by atoms with Crippen LogP contribution in [0.4, 0.5) is 4.79 Å². The summed E-state index contributed by atoms with van der Waals surface area (Å²) in [6.07, 6.45) is -0.310. The first-order valence-corrected chi connectivity index (χ1v) is 4.33. The van der Waals surface area contributed by atoms with E-state index in [1.54, 1.807) is 0 Å². The maximum atomic E-state index is 11.3. The van der Waals surface area contributed by atoms with Gasteiger partial charge >= 0.3 is 6.16 Å². The van der Waals surface area contributed by atoms with Crippen molar-refractivity contribution in [3.63, 3.8) is 0 Å². The Balaban J connectivity index is 2.17. The second-order valence-corrected chi connectivity index (χ2v) is 3.44. The number of ether oxygens (including phenoxy) is 1. The zero-order valence-electron chi connectivity index (χ0n) is 7.36. The molecule has 0 radical (unpaired) electrons. The second-order valence-electron chi connectivity index (χ2n) is 3.44. The number of hydrogen-bond acceptors (Lipinski definition) is 4. The Bertz CT molecular complexity index is 304. The number of carbonyl (C=O) groups excluding carboxylic acids is 2. The van der Waals surface area contributed by atoms with Gasteiger partial charge in [0.05, 0.1) is 0 Å². The third kappa shape index (κ3) is 1.23. The lowest BCUT2D eigenvalue weighted by molar-refractivity contribution is -0.153. The van der Waals surface area contributed by atoms with Crippen molar-refractivity contribution >= 4 is 18.0 Å². The van der Waals surface area contributed by atoms with Crippen molar-refractivity contribution in [3.8, 4) is 0 Å². The van der Waals surface area contributed by atoms with E-state index in [2.05, 4.69) is 4.74 Å². The molecule has 2 fully saturated rings. The molecule has 1 saturated heterocycles. The van der Waals surface area contributed by atoms with E-state index >= 15 is 0 Å². The van der Waals surface area contributed by atoms with Gasteiger partial charge in [-0.1, -0.05) is 0 Å². The zero-order valence-corrected chi connectivity index (χ0v) is 7.36. The van der Waals surface area contributed by atoms with Gasteiger partial charge in [0.15, 0.2) is 5.72 Å². The van der Waals surface area contributed by atoms with E-state index in [1.165, 1.54) is 0 Å². The Morgan fingerprint density at radius 1 is 1.29 bits per heavy atom. The van der Waals surface area contributed by atoms with Crippen LogP contribution in [0.25, 0.3) is 0 Å². The number of carboxylic acid groups (broad SMARTS) is 1. The summed E-state index contributed by atoms with van der Waals surface area (Å²) in [5.74, 6) is -0.678. The Morgan fingerprint density at radius 2 is 1.79 bits per heavy atom. The van der Waals surface area contributed by atoms with Crippen molar-refractivity contribution in [2.45, 2.75) is 31.4 Å². The molecule has 2 aliphatic rings. The predicted octanol–water partition coefficient (Wildman–Crippen LogP) is 0.320. The molecule has 6 heteroatoms. The molecule has 1 saturated carbocycles. The lowest BCUT2D eigenvalue weighted by Gasteiger charge is -2.23. The smallest absolute Gasteiger partial charge is 0.450 e. The SMILES string of the molecule is O=C(O)OC1(N2C(=O)CCC2=O)CC1. The molecule has 0 atom stereocenters. The summed E-state index contributed by atoms with van der Waals surface area (Å²) in [7, 11) is 0. The number of nitrogens with zero attached hydrogens (tertiary/aromatic N) is 1. The van der Waals surface area contributed by atoms with Crippen LogP contribution >= 0.6 is 0 Å². The quantitative estimate of drug-likeness (QED) is 0.511. The number of hydrogen-bond donors (Lipinski definition) is 1. The minimum Gasteiger partial charge on any atom is -0.450 e. The standard InChI is InChI=1S/C8H9NO5/c10-5-1-2-6(11)9(5)8(3-4-8)14-7(12)13/h1-4H2,(H,12,13). The molecule has 1 aliphatic heterocycles. The summed E-state index contributed by atoms with van der Waals surface area (Å²) in [6.45, 7) is 0. The highest BCUT2D eigenvalue weighted by molar-refractivity contribution is 6.03. The van der Waals surface area contributed by atoms with Crippen LogP contribution < -0.4 is 0 Å². The molecule has 1 N–H and O–H groups in total. The number of likely N-dealkylation sites (tertiary alicyclic amines) is 1. The van der Waals surface area contributed by atoms with Crippen molar-refractivity contribution < 1.29 is 24.2 Å². The summed E-state index contributed by atoms with van der Waals surface area (Å²) in [4.78, 5) is 33.9. The Labute approximate surface area is 79.4 Å². The predicted molar refractivity (Wildman–Crippen MR) is 42.2 cm³/mol. The monoisotopic (exact) mass is 199 g/mol. The van der Waals surface area contributed by atoms with E-state index in [1.807, 2.05) is 0 Å². The van der Waals surface area contributed by atoms with E-state index in [0.29, 0.717) is 12.8 Å². The zero-order chi connectivity index (χ0) is 10.3. The van der Waals surface area contributed by atoms with Gasteiger partial charge in [-0.3, -0.25) is 9.59 Å². The summed E-state index contributed by atoms with van der Waals surface area (Å²) in [5, 5.41) is 8.45. The lowest BCUT2D eigenvalue weighted by atomic mass is 10.4. The molecule has 0 unspecified atom stereocenters. The van der Waals surface area contributed by atoms with Gasteiger partial charge in [-0.15, -0.1) is 0 Å². The molecule has 14 heavy (non-hydrogen) atoms. The Hall–Kier alpha value is -1.59. The first-order valence-electron chi connectivity index (χ1n) is 4.33. The summed E-state index contributed by atoms with van der Waals surface area (Å²) >= 11 is 0. The van der Waals surface area contributed by atoms with Gasteiger partial charge in [0.25, 0.3) is 0 Å². The minimum absolute atomic E-state index is 0.156. The second kappa shape index (κ2) is 2.70. The first kappa shape index (κ1) is 8.98. The molecule has 0 spiro atoms. The Morgan fingerprint density at radius 3 is 2.14 bits per heavy atom. The minimum atomic E-state index is -1.45. The van der Waals surface area contributed by atoms with E-state index in [9.17, 15) is 14.4 Å². The van der Waals surface area contributed by atoms with Crippen molar-refractivity contribution in [2.75, 3.05) is 0 Å². The van der Waals surface area contributed by atoms with E-state index in [-0.39, 0.29) is 24.7 Å². The number of amides is 2. The first-order chi connectivity index (χ1) is 6.55. The molecule has 2 rings (SSSR count). The third-order valence-electron chi connectivity index (χ3n) is 2.41. The molecule has 1 aliphatic carbocycles. The van der Waals surface area contributed by atoms with Gasteiger partial charge in [-0.05, 0) is 0 Å². The van der Waals surface area contributed by atoms with Gasteiger partial charge in [-0.2, -0.15) is 0 Å². The van der Waals surface area contributed by atoms with Gasteiger partial charge in [-0.25, -0.2) is 9.69 Å². The fraction of sp³-hybridized carbons (Fsp3) is 0.625. The van der Waals surface area contributed by atoms with Gasteiger partial charge in [0, 0.05) is 25.7 Å². The number of carbonyl (C=O) groups is 3. The number of rotatable bonds is 2. The van der Waals surface area contributed by atoms with Crippen LogP contribution in [-0.2, 0) is 14.3 Å². The summed E-state index contributed by atoms with van der Waals surface area (Å²) in [6, 6.07) is 0. The van der Waals surface area contributed by atoms with Crippen molar-refractivity contribution in [2.24, 2.45) is 0 Å². The summed E-state index contributed by atoms with van der Waals surface area (Å²) in [5.41, 5.74) is -1.17. The van der Waals surface area contributed by atoms with Crippen LogP contribution in [0.3, 0.4) is 0 Å². The molecular weight excluding hydrogens is 190 g/mol. The average Bonchev–Trinajstić information content (AvgIpc) is 2.73. The van der Waals surface area contributed by atoms with Gasteiger partial charge in [0.1, 0.15) is 0 Å². The van der Waals surface area contributed by atoms with Crippen molar-refractivity contribution in [3.05, 3.63) is 0 Å².